The van der Waals surface area contributed by atoms with Gasteiger partial charge in [0, 0.05) is 10.9 Å². The Morgan fingerprint density at radius 1 is 1.55 bits per heavy atom. The van der Waals surface area contributed by atoms with Crippen molar-refractivity contribution in [3.63, 3.8) is 0 Å². The molecular weight excluding hydrogens is 158 g/mol. The number of aromatic nitrogens is 1. The highest BCUT2D eigenvalue weighted by atomic mass is 32.1. The predicted octanol–water partition coefficient (Wildman–Crippen LogP) is 1.90. The lowest BCUT2D eigenvalue weighted by Gasteiger charge is -1.87. The second-order valence-electron chi connectivity index (χ2n) is 2.46. The molecule has 0 bridgehead atoms. The van der Waals surface area contributed by atoms with E-state index >= 15 is 0 Å². The van der Waals surface area contributed by atoms with Gasteiger partial charge >= 0.3 is 0 Å². The molecule has 0 aliphatic carbocycles. The van der Waals surface area contributed by atoms with E-state index in [2.05, 4.69) is 4.98 Å². The van der Waals surface area contributed by atoms with Crippen molar-refractivity contribution in [1.29, 1.82) is 0 Å². The van der Waals surface area contributed by atoms with Crippen molar-refractivity contribution < 1.29 is 0 Å². The number of pyridine rings is 1. The van der Waals surface area contributed by atoms with E-state index in [1.165, 1.54) is 0 Å². The van der Waals surface area contributed by atoms with Crippen molar-refractivity contribution in [2.24, 2.45) is 0 Å². The van der Waals surface area contributed by atoms with E-state index in [4.69, 9.17) is 0 Å². The first kappa shape index (κ1) is 6.61. The molecule has 0 aliphatic heterocycles. The molecule has 0 aliphatic rings. The standard InChI is InChI=1S/C8H7NOS/c1-5-4-11-6-2-3-9-8(10)7(5)6/h2-4H,1H3,(H,9,10). The third kappa shape index (κ3) is 0.886. The number of H-pyrrole nitrogens is 1. The fraction of sp³-hybridized carbons (Fsp3) is 0.125. The van der Waals surface area contributed by atoms with Crippen LogP contribution in [0.3, 0.4) is 0 Å². The van der Waals surface area contributed by atoms with E-state index < -0.39 is 0 Å². The first-order valence-electron chi connectivity index (χ1n) is 3.34. The molecule has 0 radical (unpaired) electrons. The zero-order valence-corrected chi connectivity index (χ0v) is 6.87. The summed E-state index contributed by atoms with van der Waals surface area (Å²) in [5, 5.41) is 2.83. The highest BCUT2D eigenvalue weighted by Crippen LogP contribution is 2.20. The number of nitrogens with one attached hydrogen (secondary N) is 1. The van der Waals surface area contributed by atoms with Crippen LogP contribution in [0.15, 0.2) is 22.4 Å². The summed E-state index contributed by atoms with van der Waals surface area (Å²) in [6, 6.07) is 1.92. The number of hydrogen-bond donors (Lipinski definition) is 1. The van der Waals surface area contributed by atoms with Crippen LogP contribution in [0.25, 0.3) is 10.1 Å². The zero-order valence-electron chi connectivity index (χ0n) is 6.05. The molecule has 0 fully saturated rings. The van der Waals surface area contributed by atoms with Crippen molar-refractivity contribution in [3.8, 4) is 0 Å². The van der Waals surface area contributed by atoms with E-state index in [1.54, 1.807) is 17.5 Å². The van der Waals surface area contributed by atoms with Gasteiger partial charge in [0.15, 0.2) is 0 Å². The molecule has 2 aromatic rings. The van der Waals surface area contributed by atoms with Crippen molar-refractivity contribution >= 4 is 21.4 Å². The molecule has 0 atom stereocenters. The lowest BCUT2D eigenvalue weighted by molar-refractivity contribution is 1.27. The van der Waals surface area contributed by atoms with Crippen LogP contribution in [0.2, 0.25) is 0 Å². The van der Waals surface area contributed by atoms with Gasteiger partial charge in [-0.25, -0.2) is 0 Å². The topological polar surface area (TPSA) is 32.9 Å². The molecule has 0 amide bonds. The van der Waals surface area contributed by atoms with Gasteiger partial charge in [-0.15, -0.1) is 11.3 Å². The average molecular weight is 165 g/mol. The summed E-state index contributed by atoms with van der Waals surface area (Å²) >= 11 is 1.61. The number of hydrogen-bond acceptors (Lipinski definition) is 2. The molecule has 0 saturated carbocycles. The Morgan fingerprint density at radius 3 is 3.09 bits per heavy atom. The molecule has 56 valence electrons. The second-order valence-corrected chi connectivity index (χ2v) is 3.38. The molecule has 1 N–H and O–H groups in total. The molecule has 2 aromatic heterocycles. The Balaban J connectivity index is 3.08. The number of aryl methyl sites for hydroxylation is 1. The van der Waals surface area contributed by atoms with Gasteiger partial charge in [-0.2, -0.15) is 0 Å². The third-order valence-electron chi connectivity index (χ3n) is 1.68. The van der Waals surface area contributed by atoms with Crippen molar-refractivity contribution in [2.45, 2.75) is 6.92 Å². The quantitative estimate of drug-likeness (QED) is 0.635. The van der Waals surface area contributed by atoms with Gasteiger partial charge in [-0.3, -0.25) is 4.79 Å². The Kier molecular flexibility index (Phi) is 1.32. The van der Waals surface area contributed by atoms with Crippen LogP contribution in [-0.4, -0.2) is 4.98 Å². The van der Waals surface area contributed by atoms with Crippen LogP contribution in [0, 0.1) is 6.92 Å². The maximum Gasteiger partial charge on any atom is 0.256 e. The van der Waals surface area contributed by atoms with Crippen molar-refractivity contribution in [3.05, 3.63) is 33.6 Å². The van der Waals surface area contributed by atoms with Crippen LogP contribution < -0.4 is 5.56 Å². The molecule has 0 aromatic carbocycles. The van der Waals surface area contributed by atoms with Gasteiger partial charge in [0.2, 0.25) is 0 Å². The smallest absolute Gasteiger partial charge is 0.256 e. The first-order valence-corrected chi connectivity index (χ1v) is 4.22. The summed E-state index contributed by atoms with van der Waals surface area (Å²) in [5.41, 5.74) is 1.08. The highest BCUT2D eigenvalue weighted by Gasteiger charge is 2.01. The molecule has 0 unspecified atom stereocenters. The molecule has 0 spiro atoms. The molecule has 2 nitrogen and oxygen atoms in total. The van der Waals surface area contributed by atoms with Gasteiger partial charge in [-0.1, -0.05) is 0 Å². The Hall–Kier alpha value is -1.09. The van der Waals surface area contributed by atoms with E-state index in [0.29, 0.717) is 0 Å². The van der Waals surface area contributed by atoms with E-state index in [1.807, 2.05) is 18.4 Å². The summed E-state index contributed by atoms with van der Waals surface area (Å²) in [5.74, 6) is 0. The number of aromatic amines is 1. The largest absolute Gasteiger partial charge is 0.328 e. The second kappa shape index (κ2) is 2.20. The Bertz CT molecular complexity index is 441. The van der Waals surface area contributed by atoms with Gasteiger partial charge in [0.25, 0.3) is 5.56 Å². The number of rotatable bonds is 0. The van der Waals surface area contributed by atoms with Crippen LogP contribution in [0.1, 0.15) is 5.56 Å². The monoisotopic (exact) mass is 165 g/mol. The minimum absolute atomic E-state index is 0.0150. The van der Waals surface area contributed by atoms with Gasteiger partial charge in [0.05, 0.1) is 5.39 Å². The van der Waals surface area contributed by atoms with E-state index in [9.17, 15) is 4.79 Å². The summed E-state index contributed by atoms with van der Waals surface area (Å²) < 4.78 is 1.06. The zero-order chi connectivity index (χ0) is 7.84. The van der Waals surface area contributed by atoms with Gasteiger partial charge in [0.1, 0.15) is 0 Å². The Morgan fingerprint density at radius 2 is 2.36 bits per heavy atom. The first-order chi connectivity index (χ1) is 5.29. The van der Waals surface area contributed by atoms with Crippen LogP contribution in [0.5, 0.6) is 0 Å². The fourth-order valence-corrected chi connectivity index (χ4v) is 2.08. The fourth-order valence-electron chi connectivity index (χ4n) is 1.14. The molecule has 11 heavy (non-hydrogen) atoms. The minimum Gasteiger partial charge on any atom is -0.328 e. The van der Waals surface area contributed by atoms with Crippen LogP contribution >= 0.6 is 11.3 Å². The summed E-state index contributed by atoms with van der Waals surface area (Å²) in [6.07, 6.45) is 1.68. The summed E-state index contributed by atoms with van der Waals surface area (Å²) in [7, 11) is 0. The van der Waals surface area contributed by atoms with Gasteiger partial charge < -0.3 is 4.98 Å². The number of fused-ring (bicyclic) bond motifs is 1. The average Bonchev–Trinajstić information content (AvgIpc) is 2.34. The molecule has 2 heterocycles. The third-order valence-corrected chi connectivity index (χ3v) is 2.75. The number of thiophene rings is 1. The minimum atomic E-state index is 0.0150. The van der Waals surface area contributed by atoms with E-state index in [0.717, 1.165) is 15.6 Å². The van der Waals surface area contributed by atoms with Crippen molar-refractivity contribution in [1.82, 2.24) is 4.98 Å². The lowest BCUT2D eigenvalue weighted by atomic mass is 10.2. The Labute approximate surface area is 67.5 Å². The normalized spacial score (nSPS) is 10.6. The SMILES string of the molecule is Cc1csc2cc[nH]c(=O)c12. The van der Waals surface area contributed by atoms with E-state index in [-0.39, 0.29) is 5.56 Å². The maximum atomic E-state index is 11.2. The molecule has 3 heteroatoms. The highest BCUT2D eigenvalue weighted by molar-refractivity contribution is 7.17. The summed E-state index contributed by atoms with van der Waals surface area (Å²) in [6.45, 7) is 1.95. The van der Waals surface area contributed by atoms with Gasteiger partial charge in [-0.05, 0) is 23.9 Å². The molecule has 2 rings (SSSR count). The summed E-state index contributed by atoms with van der Waals surface area (Å²) in [4.78, 5) is 13.9. The molecule has 0 saturated heterocycles. The predicted molar refractivity (Wildman–Crippen MR) is 47.2 cm³/mol. The molecular formula is C8H7NOS. The lowest BCUT2D eigenvalue weighted by Crippen LogP contribution is -2.03. The van der Waals surface area contributed by atoms with Crippen molar-refractivity contribution in [2.75, 3.05) is 0 Å². The maximum absolute atomic E-state index is 11.2. The van der Waals surface area contributed by atoms with Crippen LogP contribution in [-0.2, 0) is 0 Å². The van der Waals surface area contributed by atoms with Crippen LogP contribution in [0.4, 0.5) is 0 Å².